The average molecular weight is 251 g/mol. The Bertz CT molecular complexity index is 428. The van der Waals surface area contributed by atoms with Crippen LogP contribution in [0.4, 0.5) is 0 Å². The van der Waals surface area contributed by atoms with Crippen molar-refractivity contribution in [2.24, 2.45) is 5.73 Å². The van der Waals surface area contributed by atoms with Gasteiger partial charge in [-0.25, -0.2) is 0 Å². The molecule has 0 spiro atoms. The van der Waals surface area contributed by atoms with Crippen LogP contribution in [0.2, 0.25) is 0 Å². The Kier molecular flexibility index (Phi) is 3.51. The SMILES string of the molecule is NC(P(=O)(O)O)P(=O)(O)c1ccccc1. The maximum atomic E-state index is 11.7. The van der Waals surface area contributed by atoms with Gasteiger partial charge in [0.2, 0.25) is 0 Å². The number of hydrogen-bond acceptors (Lipinski definition) is 3. The molecule has 0 aliphatic carbocycles. The summed E-state index contributed by atoms with van der Waals surface area (Å²) in [4.78, 5) is 27.0. The van der Waals surface area contributed by atoms with Crippen LogP contribution in [0.5, 0.6) is 0 Å². The molecule has 2 atom stereocenters. The molecule has 0 radical (unpaired) electrons. The van der Waals surface area contributed by atoms with Gasteiger partial charge in [0.25, 0.3) is 7.37 Å². The summed E-state index contributed by atoms with van der Waals surface area (Å²) in [5.41, 5.74) is 3.01. The van der Waals surface area contributed by atoms with E-state index in [1.165, 1.54) is 24.3 Å². The normalized spacial score (nSPS) is 18.1. The molecule has 1 aromatic rings. The minimum Gasteiger partial charge on any atom is -0.340 e. The predicted molar refractivity (Wildman–Crippen MR) is 55.9 cm³/mol. The van der Waals surface area contributed by atoms with E-state index >= 15 is 0 Å². The summed E-state index contributed by atoms with van der Waals surface area (Å²) < 4.78 is 22.5. The number of hydrogen-bond donors (Lipinski definition) is 4. The van der Waals surface area contributed by atoms with Crippen LogP contribution in [0.25, 0.3) is 0 Å². The van der Waals surface area contributed by atoms with E-state index in [0.29, 0.717) is 0 Å². The van der Waals surface area contributed by atoms with Gasteiger partial charge < -0.3 is 20.4 Å². The lowest BCUT2D eigenvalue weighted by Gasteiger charge is -2.19. The van der Waals surface area contributed by atoms with Gasteiger partial charge in [0.15, 0.2) is 5.52 Å². The van der Waals surface area contributed by atoms with Crippen LogP contribution < -0.4 is 11.0 Å². The summed E-state index contributed by atoms with van der Waals surface area (Å²) in [6.07, 6.45) is 0. The summed E-state index contributed by atoms with van der Waals surface area (Å²) in [6, 6.07) is 7.20. The Hall–Kier alpha value is -0.480. The molecular weight excluding hydrogens is 240 g/mol. The summed E-state index contributed by atoms with van der Waals surface area (Å²) >= 11 is 0. The van der Waals surface area contributed by atoms with Gasteiger partial charge in [0, 0.05) is 5.30 Å². The Labute approximate surface area is 86.4 Å². The monoisotopic (exact) mass is 251 g/mol. The predicted octanol–water partition coefficient (Wildman–Crippen LogP) is 0.00230. The lowest BCUT2D eigenvalue weighted by molar-refractivity contribution is 0.364. The van der Waals surface area contributed by atoms with E-state index < -0.39 is 20.5 Å². The lowest BCUT2D eigenvalue weighted by Crippen LogP contribution is -2.25. The minimum absolute atomic E-state index is 0.0687. The highest BCUT2D eigenvalue weighted by Crippen LogP contribution is 2.58. The van der Waals surface area contributed by atoms with Gasteiger partial charge in [-0.2, -0.15) is 0 Å². The number of nitrogens with two attached hydrogens (primary N) is 1. The molecule has 5 N–H and O–H groups in total. The molecule has 0 bridgehead atoms. The van der Waals surface area contributed by atoms with Crippen LogP contribution in [0.3, 0.4) is 0 Å². The van der Waals surface area contributed by atoms with Crippen molar-refractivity contribution >= 4 is 20.3 Å². The zero-order valence-corrected chi connectivity index (χ0v) is 9.38. The lowest BCUT2D eigenvalue weighted by atomic mass is 10.4. The fourth-order valence-electron chi connectivity index (χ4n) is 0.998. The zero-order valence-electron chi connectivity index (χ0n) is 7.59. The first kappa shape index (κ1) is 12.6. The zero-order chi connectivity index (χ0) is 11.7. The molecule has 0 amide bonds. The van der Waals surface area contributed by atoms with Crippen molar-refractivity contribution in [2.75, 3.05) is 0 Å². The molecule has 0 aliphatic rings. The molecule has 0 saturated carbocycles. The largest absolute Gasteiger partial charge is 0.352 e. The Balaban J connectivity index is 3.15. The van der Waals surface area contributed by atoms with Crippen LogP contribution in [0.15, 0.2) is 30.3 Å². The molecule has 1 aromatic carbocycles. The fraction of sp³-hybridized carbons (Fsp3) is 0.143. The molecule has 0 aliphatic heterocycles. The van der Waals surface area contributed by atoms with Crippen molar-refractivity contribution in [3.8, 4) is 0 Å². The highest BCUT2D eigenvalue weighted by Gasteiger charge is 2.42. The molecular formula is C7H11NO5P2. The molecule has 84 valence electrons. The van der Waals surface area contributed by atoms with E-state index in [9.17, 15) is 14.0 Å². The van der Waals surface area contributed by atoms with Gasteiger partial charge in [-0.05, 0) is 12.1 Å². The van der Waals surface area contributed by atoms with E-state index in [4.69, 9.17) is 15.5 Å². The second kappa shape index (κ2) is 4.18. The average Bonchev–Trinajstić information content (AvgIpc) is 2.16. The molecule has 0 heterocycles. The van der Waals surface area contributed by atoms with Gasteiger partial charge in [-0.1, -0.05) is 18.2 Å². The molecule has 15 heavy (non-hydrogen) atoms. The van der Waals surface area contributed by atoms with Crippen LogP contribution in [0, 0.1) is 0 Å². The highest BCUT2D eigenvalue weighted by molar-refractivity contribution is 7.78. The Morgan fingerprint density at radius 2 is 1.53 bits per heavy atom. The number of benzene rings is 1. The quantitative estimate of drug-likeness (QED) is 0.561. The highest BCUT2D eigenvalue weighted by atomic mass is 31.2. The van der Waals surface area contributed by atoms with E-state index in [1.54, 1.807) is 6.07 Å². The first-order valence-electron chi connectivity index (χ1n) is 3.95. The summed E-state index contributed by atoms with van der Waals surface area (Å²) in [5.74, 6) is 0. The maximum Gasteiger partial charge on any atom is 0.352 e. The molecule has 8 heteroatoms. The summed E-state index contributed by atoms with van der Waals surface area (Å²) in [7, 11) is -9.02. The van der Waals surface area contributed by atoms with E-state index in [2.05, 4.69) is 0 Å². The smallest absolute Gasteiger partial charge is 0.340 e. The van der Waals surface area contributed by atoms with E-state index in [0.717, 1.165) is 0 Å². The Morgan fingerprint density at radius 3 is 1.93 bits per heavy atom. The van der Waals surface area contributed by atoms with Crippen molar-refractivity contribution < 1.29 is 23.8 Å². The standard InChI is InChI=1S/C7H11NO5P2/c8-7(15(11,12)13)14(9,10)6-4-2-1-3-5-6/h1-5,7H,8H2,(H,9,10)(H2,11,12,13). The third-order valence-corrected chi connectivity index (χ3v) is 6.12. The summed E-state index contributed by atoms with van der Waals surface area (Å²) in [6.45, 7) is 0. The molecule has 1 rings (SSSR count). The van der Waals surface area contributed by atoms with Gasteiger partial charge >= 0.3 is 7.60 Å². The van der Waals surface area contributed by atoms with Gasteiger partial charge in [-0.15, -0.1) is 0 Å². The van der Waals surface area contributed by atoms with E-state index in [-0.39, 0.29) is 5.30 Å². The second-order valence-corrected chi connectivity index (χ2v) is 7.42. The van der Waals surface area contributed by atoms with Crippen molar-refractivity contribution in [1.29, 1.82) is 0 Å². The molecule has 6 nitrogen and oxygen atoms in total. The van der Waals surface area contributed by atoms with Crippen molar-refractivity contribution in [3.05, 3.63) is 30.3 Å². The van der Waals surface area contributed by atoms with Crippen molar-refractivity contribution in [2.45, 2.75) is 5.52 Å². The van der Waals surface area contributed by atoms with Crippen LogP contribution in [-0.4, -0.2) is 20.2 Å². The third kappa shape index (κ3) is 2.75. The third-order valence-electron chi connectivity index (χ3n) is 1.83. The van der Waals surface area contributed by atoms with Crippen molar-refractivity contribution in [1.82, 2.24) is 0 Å². The molecule has 2 unspecified atom stereocenters. The summed E-state index contributed by atoms with van der Waals surface area (Å²) in [5, 5.41) is -0.0687. The van der Waals surface area contributed by atoms with Crippen LogP contribution in [-0.2, 0) is 9.13 Å². The van der Waals surface area contributed by atoms with Crippen molar-refractivity contribution in [3.63, 3.8) is 0 Å². The fourth-order valence-corrected chi connectivity index (χ4v) is 3.93. The number of rotatable bonds is 3. The van der Waals surface area contributed by atoms with Gasteiger partial charge in [0.1, 0.15) is 0 Å². The first-order chi connectivity index (χ1) is 6.76. The molecule has 0 aromatic heterocycles. The van der Waals surface area contributed by atoms with Gasteiger partial charge in [-0.3, -0.25) is 9.13 Å². The molecule has 0 fully saturated rings. The minimum atomic E-state index is -4.78. The van der Waals surface area contributed by atoms with Crippen LogP contribution >= 0.6 is 15.0 Å². The maximum absolute atomic E-state index is 11.7. The topological polar surface area (TPSA) is 121 Å². The van der Waals surface area contributed by atoms with E-state index in [1.807, 2.05) is 0 Å². The first-order valence-corrected chi connectivity index (χ1v) is 7.36. The second-order valence-electron chi connectivity index (χ2n) is 2.96. The Morgan fingerprint density at radius 1 is 1.07 bits per heavy atom. The van der Waals surface area contributed by atoms with Crippen LogP contribution in [0.1, 0.15) is 0 Å². The molecule has 0 saturated heterocycles. The van der Waals surface area contributed by atoms with Gasteiger partial charge in [0.05, 0.1) is 0 Å².